The molecule has 6 rings (SSSR count). The van der Waals surface area contributed by atoms with E-state index < -0.39 is 5.54 Å². The molecule has 0 atom stereocenters. The Morgan fingerprint density at radius 1 is 0.861 bits per heavy atom. The van der Waals surface area contributed by atoms with Gasteiger partial charge in [-0.05, 0) is 50.4 Å². The molecule has 2 aromatic carbocycles. The number of urea groups is 1. The molecule has 4 aliphatic rings. The van der Waals surface area contributed by atoms with Crippen LogP contribution in [-0.2, 0) is 4.79 Å². The van der Waals surface area contributed by atoms with Gasteiger partial charge in [-0.2, -0.15) is 0 Å². The minimum Gasteiger partial charge on any atom is -0.354 e. The Labute approximate surface area is 216 Å². The van der Waals surface area contributed by atoms with Crippen molar-refractivity contribution in [3.8, 4) is 0 Å². The molecule has 0 unspecified atom stereocenters. The van der Waals surface area contributed by atoms with E-state index in [-0.39, 0.29) is 11.9 Å². The molecule has 3 amide bonds. The maximum Gasteiger partial charge on any atom is 0.325 e. The fraction of sp³-hybridized carbons (Fsp3) is 0.464. The van der Waals surface area contributed by atoms with Crippen molar-refractivity contribution in [3.63, 3.8) is 0 Å². The van der Waals surface area contributed by atoms with E-state index in [2.05, 4.69) is 63.6 Å². The lowest BCUT2D eigenvalue weighted by Gasteiger charge is -2.36. The van der Waals surface area contributed by atoms with Crippen molar-refractivity contribution in [2.24, 2.45) is 4.99 Å². The fourth-order valence-electron chi connectivity index (χ4n) is 5.90. The van der Waals surface area contributed by atoms with Crippen molar-refractivity contribution in [1.29, 1.82) is 0 Å². The smallest absolute Gasteiger partial charge is 0.325 e. The van der Waals surface area contributed by atoms with E-state index in [9.17, 15) is 9.59 Å². The lowest BCUT2D eigenvalue weighted by molar-refractivity contribution is -0.131. The van der Waals surface area contributed by atoms with Gasteiger partial charge in [-0.15, -0.1) is 0 Å². The van der Waals surface area contributed by atoms with Crippen molar-refractivity contribution in [2.75, 3.05) is 39.3 Å². The van der Waals surface area contributed by atoms with Crippen molar-refractivity contribution in [2.45, 2.75) is 53.9 Å². The number of piperazine rings is 1. The summed E-state index contributed by atoms with van der Waals surface area (Å²) in [5.74, 6) is 1.07. The Morgan fingerprint density at radius 3 is 2.36 bits per heavy atom. The van der Waals surface area contributed by atoms with Crippen LogP contribution in [0.4, 0.5) is 10.5 Å². The summed E-state index contributed by atoms with van der Waals surface area (Å²) in [6.45, 7) is 5.37. The highest BCUT2D eigenvalue weighted by Gasteiger charge is 2.52. The first-order valence-electron chi connectivity index (χ1n) is 13.2. The number of carbonyl (C=O) groups excluding carboxylic acids is 2. The molecule has 1 aliphatic carbocycles. The van der Waals surface area contributed by atoms with Crippen molar-refractivity contribution < 1.29 is 9.59 Å². The number of rotatable bonds is 5. The van der Waals surface area contributed by atoms with Gasteiger partial charge in [0.25, 0.3) is 5.91 Å². The number of unbranched alkanes of at least 4 members (excludes halogenated alkanes) is 1. The summed E-state index contributed by atoms with van der Waals surface area (Å²) in [5.41, 5.74) is 1.66. The molecule has 3 heterocycles. The number of carbonyl (C=O) groups is 2. The largest absolute Gasteiger partial charge is 0.354 e. The van der Waals surface area contributed by atoms with Crippen LogP contribution in [-0.4, -0.2) is 77.3 Å². The Bertz CT molecular complexity index is 1180. The second-order valence-corrected chi connectivity index (χ2v) is 11.3. The summed E-state index contributed by atoms with van der Waals surface area (Å²) in [6.07, 6.45) is 5.46. The van der Waals surface area contributed by atoms with Crippen molar-refractivity contribution >= 4 is 35.2 Å². The van der Waals surface area contributed by atoms with Gasteiger partial charge in [0.15, 0.2) is 0 Å². The number of hydrogen-bond donors (Lipinski definition) is 1. The molecule has 8 heteroatoms. The zero-order chi connectivity index (χ0) is 24.5. The van der Waals surface area contributed by atoms with Gasteiger partial charge in [-0.1, -0.05) is 54.9 Å². The predicted molar refractivity (Wildman–Crippen MR) is 142 cm³/mol. The van der Waals surface area contributed by atoms with Crippen LogP contribution in [0.3, 0.4) is 0 Å². The Balaban J connectivity index is 1.03. The summed E-state index contributed by atoms with van der Waals surface area (Å²) < 4.78 is 0. The minimum atomic E-state index is -0.591. The first kappa shape index (κ1) is 23.6. The average molecular weight is 504 g/mol. The van der Waals surface area contributed by atoms with Gasteiger partial charge in [0.1, 0.15) is 11.4 Å². The monoisotopic (exact) mass is 503 g/mol. The third-order valence-electron chi connectivity index (χ3n) is 7.92. The highest BCUT2D eigenvalue weighted by atomic mass is 32.2. The first-order chi connectivity index (χ1) is 17.6. The summed E-state index contributed by atoms with van der Waals surface area (Å²) >= 11 is 1.79. The molecule has 0 aromatic heterocycles. The maximum atomic E-state index is 12.8. The van der Waals surface area contributed by atoms with Crippen LogP contribution in [0, 0.1) is 0 Å². The van der Waals surface area contributed by atoms with Gasteiger partial charge in [0.2, 0.25) is 0 Å². The van der Waals surface area contributed by atoms with Gasteiger partial charge < -0.3 is 10.2 Å². The highest BCUT2D eigenvalue weighted by molar-refractivity contribution is 7.99. The highest BCUT2D eigenvalue weighted by Crippen LogP contribution is 2.40. The van der Waals surface area contributed by atoms with Crippen LogP contribution in [0.1, 0.15) is 44.1 Å². The van der Waals surface area contributed by atoms with Gasteiger partial charge in [-0.3, -0.25) is 14.6 Å². The van der Waals surface area contributed by atoms with Crippen molar-refractivity contribution in [3.05, 3.63) is 54.1 Å². The van der Waals surface area contributed by atoms with Crippen LogP contribution in [0.5, 0.6) is 0 Å². The number of fused-ring (bicyclic) bond motifs is 2. The molecule has 7 nitrogen and oxygen atoms in total. The molecule has 188 valence electrons. The number of nitrogens with zero attached hydrogens (tertiary/aromatic N) is 4. The number of hydrogen-bond acceptors (Lipinski definition) is 6. The van der Waals surface area contributed by atoms with Crippen LogP contribution >= 0.6 is 11.8 Å². The second-order valence-electron chi connectivity index (χ2n) is 10.2. The summed E-state index contributed by atoms with van der Waals surface area (Å²) in [5, 5.41) is 2.98. The van der Waals surface area contributed by atoms with Crippen LogP contribution in [0.25, 0.3) is 0 Å². The lowest BCUT2D eigenvalue weighted by atomic mass is 9.98. The SMILES string of the molecule is O=C1NC2(CCCC2)C(=O)N1CCCCN1CCN(C2=Nc3ccccc3Sc3ccccc32)CC1. The van der Waals surface area contributed by atoms with E-state index in [1.165, 1.54) is 20.3 Å². The van der Waals surface area contributed by atoms with E-state index in [1.807, 2.05) is 0 Å². The van der Waals surface area contributed by atoms with E-state index >= 15 is 0 Å². The zero-order valence-corrected chi connectivity index (χ0v) is 21.4. The number of aliphatic imine (C=N–C) groups is 1. The van der Waals surface area contributed by atoms with Crippen LogP contribution < -0.4 is 5.32 Å². The number of nitrogens with one attached hydrogen (secondary N) is 1. The Hall–Kier alpha value is -2.84. The second kappa shape index (κ2) is 9.90. The van der Waals surface area contributed by atoms with E-state index in [4.69, 9.17) is 4.99 Å². The molecule has 2 aromatic rings. The number of amidine groups is 1. The van der Waals surface area contributed by atoms with Gasteiger partial charge in [-0.25, -0.2) is 9.79 Å². The number of para-hydroxylation sites is 1. The lowest BCUT2D eigenvalue weighted by Crippen LogP contribution is -2.49. The Kier molecular flexibility index (Phi) is 6.48. The Morgan fingerprint density at radius 2 is 1.56 bits per heavy atom. The standard InChI is InChI=1S/C28H33N5O2S/c34-26-28(13-5-6-14-28)30-27(35)33(26)16-8-7-15-31-17-19-32(20-18-31)25-21-9-1-3-11-23(21)36-24-12-4-2-10-22(24)29-25/h1-4,9-12H,5-8,13-20H2,(H,30,35). The van der Waals surface area contributed by atoms with Gasteiger partial charge in [0, 0.05) is 48.1 Å². The normalized spacial score (nSPS) is 21.3. The molecule has 1 saturated carbocycles. The average Bonchev–Trinajstić information content (AvgIpc) is 3.41. The molecular weight excluding hydrogens is 470 g/mol. The van der Waals surface area contributed by atoms with Gasteiger partial charge in [0.05, 0.1) is 5.69 Å². The molecule has 3 aliphatic heterocycles. The van der Waals surface area contributed by atoms with E-state index in [1.54, 1.807) is 11.8 Å². The molecule has 2 saturated heterocycles. The third-order valence-corrected chi connectivity index (χ3v) is 9.06. The molecule has 36 heavy (non-hydrogen) atoms. The molecular formula is C28H33N5O2S. The molecule has 1 N–H and O–H groups in total. The van der Waals surface area contributed by atoms with Crippen molar-refractivity contribution in [1.82, 2.24) is 20.0 Å². The number of benzene rings is 2. The predicted octanol–water partition coefficient (Wildman–Crippen LogP) is 4.49. The fourth-order valence-corrected chi connectivity index (χ4v) is 6.91. The quantitative estimate of drug-likeness (QED) is 0.481. The molecule has 3 fully saturated rings. The molecule has 1 spiro atoms. The number of imide groups is 1. The topological polar surface area (TPSA) is 68.2 Å². The molecule has 0 bridgehead atoms. The third kappa shape index (κ3) is 4.41. The maximum absolute atomic E-state index is 12.8. The summed E-state index contributed by atoms with van der Waals surface area (Å²) in [7, 11) is 0. The van der Waals surface area contributed by atoms with Crippen LogP contribution in [0.15, 0.2) is 63.3 Å². The van der Waals surface area contributed by atoms with E-state index in [0.29, 0.717) is 6.54 Å². The summed E-state index contributed by atoms with van der Waals surface area (Å²) in [4.78, 5) is 39.2. The van der Waals surface area contributed by atoms with Crippen LogP contribution in [0.2, 0.25) is 0 Å². The first-order valence-corrected chi connectivity index (χ1v) is 14.0. The van der Waals surface area contributed by atoms with E-state index in [0.717, 1.165) is 82.8 Å². The van der Waals surface area contributed by atoms with Gasteiger partial charge >= 0.3 is 6.03 Å². The summed E-state index contributed by atoms with van der Waals surface area (Å²) in [6, 6.07) is 16.8. The zero-order valence-electron chi connectivity index (χ0n) is 20.6. The molecule has 0 radical (unpaired) electrons. The minimum absolute atomic E-state index is 0.00260. The number of amides is 3.